The van der Waals surface area contributed by atoms with E-state index in [1.165, 1.54) is 29.7 Å². The summed E-state index contributed by atoms with van der Waals surface area (Å²) in [5.41, 5.74) is 3.73. The van der Waals surface area contributed by atoms with E-state index in [-0.39, 0.29) is 21.1 Å². The summed E-state index contributed by atoms with van der Waals surface area (Å²) in [4.78, 5) is 2.06. The van der Waals surface area contributed by atoms with Crippen molar-refractivity contribution in [3.8, 4) is 0 Å². The second kappa shape index (κ2) is 15.8. The van der Waals surface area contributed by atoms with Crippen LogP contribution in [-0.2, 0) is 21.1 Å². The Balaban J connectivity index is 0. The molecule has 2 rings (SSSR count). The maximum atomic E-state index is 3.68. The van der Waals surface area contributed by atoms with E-state index in [2.05, 4.69) is 50.8 Å². The molecule has 0 unspecified atom stereocenters. The first kappa shape index (κ1) is 24.2. The Morgan fingerprint density at radius 2 is 1.65 bits per heavy atom. The van der Waals surface area contributed by atoms with Crippen LogP contribution in [0.25, 0.3) is 0 Å². The van der Waals surface area contributed by atoms with Crippen LogP contribution in [-0.4, -0.2) is 14.1 Å². The molecule has 2 aromatic carbocycles. The number of unbranched alkanes of at least 4 members (excludes halogenated alkanes) is 2. The van der Waals surface area contributed by atoms with E-state index in [0.717, 1.165) is 6.42 Å². The second-order valence-electron chi connectivity index (χ2n) is 5.38. The van der Waals surface area contributed by atoms with Crippen molar-refractivity contribution in [2.45, 2.75) is 40.0 Å². The van der Waals surface area contributed by atoms with Gasteiger partial charge in [-0.25, -0.2) is 0 Å². The summed E-state index contributed by atoms with van der Waals surface area (Å²) in [5, 5.41) is 0. The molecule has 0 N–H and O–H groups in total. The number of anilines is 1. The fourth-order valence-corrected chi connectivity index (χ4v) is 1.71. The maximum absolute atomic E-state index is 3.68. The molecule has 0 saturated carbocycles. The van der Waals surface area contributed by atoms with E-state index >= 15 is 0 Å². The predicted octanol–water partition coefficient (Wildman–Crippen LogP) is 5.66. The van der Waals surface area contributed by atoms with Crippen LogP contribution < -0.4 is 4.90 Å². The Kier molecular flexibility index (Phi) is 16.6. The molecule has 0 bridgehead atoms. The monoisotopic (exact) mass is 394 g/mol. The standard InChI is InChI=1S/C9H12N.C7H7.C5H11.Mo/c1-8-6-4-5-7-9(8)10(2)3;1-7-5-3-2-4-6-7;1-3-5-4-2;/h4-6H,1-3H3;3-6H,1H3;1,3-5H2,2H3;/q3*-1;+3. The van der Waals surface area contributed by atoms with Crippen molar-refractivity contribution in [2.75, 3.05) is 19.0 Å². The molecule has 0 aliphatic rings. The second-order valence-corrected chi connectivity index (χ2v) is 5.38. The van der Waals surface area contributed by atoms with Crippen LogP contribution in [0.15, 0.2) is 42.5 Å². The molecule has 2 heteroatoms. The molecule has 0 fully saturated rings. The first-order valence-corrected chi connectivity index (χ1v) is 7.89. The van der Waals surface area contributed by atoms with Gasteiger partial charge in [-0.1, -0.05) is 39.3 Å². The molecule has 0 saturated heterocycles. The van der Waals surface area contributed by atoms with Gasteiger partial charge in [0.1, 0.15) is 0 Å². The molecule has 1 radical (unpaired) electrons. The van der Waals surface area contributed by atoms with Gasteiger partial charge < -0.3 is 11.8 Å². The first-order valence-electron chi connectivity index (χ1n) is 7.89. The van der Waals surface area contributed by atoms with Crippen molar-refractivity contribution >= 4 is 5.69 Å². The van der Waals surface area contributed by atoms with E-state index in [9.17, 15) is 0 Å². The number of hydrogen-bond acceptors (Lipinski definition) is 1. The summed E-state index contributed by atoms with van der Waals surface area (Å²) in [6.07, 6.45) is 3.65. The number of hydrogen-bond donors (Lipinski definition) is 0. The molecule has 2 aromatic rings. The average molecular weight is 392 g/mol. The van der Waals surface area contributed by atoms with E-state index in [1.807, 2.05) is 50.5 Å². The molecule has 0 aliphatic heterocycles. The summed E-state index contributed by atoms with van der Waals surface area (Å²) in [6.45, 7) is 10.00. The van der Waals surface area contributed by atoms with E-state index < -0.39 is 0 Å². The van der Waals surface area contributed by atoms with Crippen molar-refractivity contribution < 1.29 is 21.1 Å². The fraction of sp³-hybridized carbons (Fsp3) is 0.381. The Hall–Kier alpha value is -1.07. The van der Waals surface area contributed by atoms with Gasteiger partial charge in [-0.15, -0.1) is 5.56 Å². The number of nitrogens with zero attached hydrogens (tertiary/aromatic N) is 1. The van der Waals surface area contributed by atoms with Gasteiger partial charge in [-0.2, -0.15) is 66.6 Å². The normalized spacial score (nSPS) is 8.61. The number of aryl methyl sites for hydroxylation is 2. The molecule has 23 heavy (non-hydrogen) atoms. The zero-order valence-electron chi connectivity index (χ0n) is 15.2. The largest absolute Gasteiger partial charge is 3.00 e. The minimum atomic E-state index is 0. The molecular weight excluding hydrogens is 362 g/mol. The van der Waals surface area contributed by atoms with Crippen molar-refractivity contribution in [3.05, 3.63) is 72.6 Å². The Labute approximate surface area is 158 Å². The van der Waals surface area contributed by atoms with Crippen LogP contribution in [0, 0.1) is 32.9 Å². The maximum Gasteiger partial charge on any atom is 3.00 e. The van der Waals surface area contributed by atoms with Crippen LogP contribution in [0.1, 0.15) is 37.3 Å². The van der Waals surface area contributed by atoms with Gasteiger partial charge in [-0.05, 0) is 0 Å². The van der Waals surface area contributed by atoms with E-state index in [0.29, 0.717) is 0 Å². The van der Waals surface area contributed by atoms with E-state index in [4.69, 9.17) is 0 Å². The molecule has 125 valence electrons. The minimum Gasteiger partial charge on any atom is -0.399 e. The van der Waals surface area contributed by atoms with Crippen molar-refractivity contribution in [1.82, 2.24) is 0 Å². The number of rotatable bonds is 3. The Morgan fingerprint density at radius 1 is 1.04 bits per heavy atom. The Morgan fingerprint density at radius 3 is 1.91 bits per heavy atom. The zero-order chi connectivity index (χ0) is 16.8. The molecular formula is C21H30MoN. The van der Waals surface area contributed by atoms with Gasteiger partial charge in [0.25, 0.3) is 0 Å². The SMILES string of the molecule is Cc1cc[c-]cc1.Cc1ccc[c-]c1N(C)C.[CH2-]CCCC.[Mo+3]. The van der Waals surface area contributed by atoms with Gasteiger partial charge in [0, 0.05) is 14.1 Å². The average Bonchev–Trinajstić information content (AvgIpc) is 2.50. The quantitative estimate of drug-likeness (QED) is 0.481. The van der Waals surface area contributed by atoms with Crippen molar-refractivity contribution in [2.24, 2.45) is 0 Å². The third-order valence-electron chi connectivity index (χ3n) is 2.97. The van der Waals surface area contributed by atoms with Crippen LogP contribution in [0.4, 0.5) is 5.69 Å². The van der Waals surface area contributed by atoms with Crippen LogP contribution in [0.5, 0.6) is 0 Å². The number of benzene rings is 2. The molecule has 0 aromatic heterocycles. The zero-order valence-corrected chi connectivity index (χ0v) is 17.2. The van der Waals surface area contributed by atoms with E-state index in [1.54, 1.807) is 0 Å². The Bertz CT molecular complexity index is 478. The van der Waals surface area contributed by atoms with Gasteiger partial charge in [0.2, 0.25) is 0 Å². The van der Waals surface area contributed by atoms with Gasteiger partial charge in [0.05, 0.1) is 0 Å². The summed E-state index contributed by atoms with van der Waals surface area (Å²) in [6, 6.07) is 20.0. The van der Waals surface area contributed by atoms with Gasteiger partial charge in [0.15, 0.2) is 0 Å². The van der Waals surface area contributed by atoms with Gasteiger partial charge >= 0.3 is 21.1 Å². The van der Waals surface area contributed by atoms with Crippen molar-refractivity contribution in [1.29, 1.82) is 0 Å². The topological polar surface area (TPSA) is 3.24 Å². The minimum absolute atomic E-state index is 0. The van der Waals surface area contributed by atoms with Crippen LogP contribution in [0.2, 0.25) is 0 Å². The predicted molar refractivity (Wildman–Crippen MR) is 99.2 cm³/mol. The fourth-order valence-electron chi connectivity index (χ4n) is 1.71. The summed E-state index contributed by atoms with van der Waals surface area (Å²) >= 11 is 0. The van der Waals surface area contributed by atoms with Crippen molar-refractivity contribution in [3.63, 3.8) is 0 Å². The third-order valence-corrected chi connectivity index (χ3v) is 2.97. The smallest absolute Gasteiger partial charge is 0.399 e. The summed E-state index contributed by atoms with van der Waals surface area (Å²) in [5.74, 6) is 0. The van der Waals surface area contributed by atoms with Gasteiger partial charge in [-0.3, -0.25) is 0 Å². The molecule has 0 aliphatic carbocycles. The van der Waals surface area contributed by atoms with Crippen LogP contribution >= 0.6 is 0 Å². The summed E-state index contributed by atoms with van der Waals surface area (Å²) in [7, 11) is 4.05. The first-order chi connectivity index (χ1) is 10.5. The third kappa shape index (κ3) is 13.1. The number of para-hydroxylation sites is 1. The summed E-state index contributed by atoms with van der Waals surface area (Å²) < 4.78 is 0. The molecule has 0 atom stereocenters. The molecule has 0 heterocycles. The molecule has 0 spiro atoms. The van der Waals surface area contributed by atoms with Crippen LogP contribution in [0.3, 0.4) is 0 Å². The molecule has 1 nitrogen and oxygen atoms in total. The molecule has 0 amide bonds.